The fourth-order valence-corrected chi connectivity index (χ4v) is 1.44. The lowest BCUT2D eigenvalue weighted by Crippen LogP contribution is -2.38. The number of carbonyl (C=O) groups excluding carboxylic acids is 1. The highest BCUT2D eigenvalue weighted by Gasteiger charge is 2.09. The number of nitrogens with zero attached hydrogens (tertiary/aromatic N) is 1. The van der Waals surface area contributed by atoms with E-state index >= 15 is 0 Å². The molecule has 110 valence electrons. The van der Waals surface area contributed by atoms with Crippen molar-refractivity contribution < 1.29 is 9.18 Å². The maximum absolute atomic E-state index is 13.3. The van der Waals surface area contributed by atoms with Crippen molar-refractivity contribution >= 4 is 11.9 Å². The SMILES string of the molecule is CC(C)CN=C(N)NCCNC(=O)c1ccccc1F. The van der Waals surface area contributed by atoms with Gasteiger partial charge in [0.2, 0.25) is 0 Å². The van der Waals surface area contributed by atoms with Crippen LogP contribution in [0.5, 0.6) is 0 Å². The zero-order valence-electron chi connectivity index (χ0n) is 11.8. The summed E-state index contributed by atoms with van der Waals surface area (Å²) in [6, 6.07) is 5.85. The molecule has 20 heavy (non-hydrogen) atoms. The standard InChI is InChI=1S/C14H21FN4O/c1-10(2)9-19-14(16)18-8-7-17-13(20)11-5-3-4-6-12(11)15/h3-6,10H,7-9H2,1-2H3,(H,17,20)(H3,16,18,19). The Labute approximate surface area is 118 Å². The highest BCUT2D eigenvalue weighted by Crippen LogP contribution is 2.05. The number of hydrogen-bond acceptors (Lipinski definition) is 2. The summed E-state index contributed by atoms with van der Waals surface area (Å²) in [6.07, 6.45) is 0. The van der Waals surface area contributed by atoms with Crippen LogP contribution in [-0.2, 0) is 0 Å². The predicted molar refractivity (Wildman–Crippen MR) is 78.1 cm³/mol. The van der Waals surface area contributed by atoms with Gasteiger partial charge in [0, 0.05) is 19.6 Å². The smallest absolute Gasteiger partial charge is 0.254 e. The van der Waals surface area contributed by atoms with Crippen molar-refractivity contribution in [1.82, 2.24) is 10.6 Å². The van der Waals surface area contributed by atoms with Crippen molar-refractivity contribution in [1.29, 1.82) is 0 Å². The van der Waals surface area contributed by atoms with Crippen LogP contribution in [0.3, 0.4) is 0 Å². The van der Waals surface area contributed by atoms with E-state index in [4.69, 9.17) is 5.73 Å². The zero-order chi connectivity index (χ0) is 15.0. The van der Waals surface area contributed by atoms with Gasteiger partial charge < -0.3 is 16.4 Å². The number of benzene rings is 1. The summed E-state index contributed by atoms with van der Waals surface area (Å²) in [5, 5.41) is 5.49. The van der Waals surface area contributed by atoms with E-state index in [2.05, 4.69) is 15.6 Å². The molecule has 0 spiro atoms. The van der Waals surface area contributed by atoms with E-state index in [1.165, 1.54) is 12.1 Å². The van der Waals surface area contributed by atoms with Gasteiger partial charge in [-0.15, -0.1) is 0 Å². The lowest BCUT2D eigenvalue weighted by atomic mass is 10.2. The van der Waals surface area contributed by atoms with Crippen LogP contribution in [0.4, 0.5) is 4.39 Å². The number of amides is 1. The van der Waals surface area contributed by atoms with Gasteiger partial charge >= 0.3 is 0 Å². The molecule has 0 radical (unpaired) electrons. The topological polar surface area (TPSA) is 79.5 Å². The van der Waals surface area contributed by atoms with Gasteiger partial charge in [0.15, 0.2) is 5.96 Å². The molecule has 1 aromatic rings. The first-order valence-corrected chi connectivity index (χ1v) is 6.57. The lowest BCUT2D eigenvalue weighted by molar-refractivity contribution is 0.0950. The van der Waals surface area contributed by atoms with Crippen molar-refractivity contribution in [2.45, 2.75) is 13.8 Å². The average molecular weight is 280 g/mol. The van der Waals surface area contributed by atoms with E-state index in [-0.39, 0.29) is 5.56 Å². The average Bonchev–Trinajstić information content (AvgIpc) is 2.41. The van der Waals surface area contributed by atoms with Gasteiger partial charge in [-0.3, -0.25) is 9.79 Å². The summed E-state index contributed by atoms with van der Waals surface area (Å²) < 4.78 is 13.3. The van der Waals surface area contributed by atoms with Gasteiger partial charge in [-0.25, -0.2) is 4.39 Å². The van der Waals surface area contributed by atoms with Crippen molar-refractivity contribution in [2.24, 2.45) is 16.6 Å². The first kappa shape index (κ1) is 15.9. The van der Waals surface area contributed by atoms with Gasteiger partial charge in [0.1, 0.15) is 5.82 Å². The van der Waals surface area contributed by atoms with E-state index < -0.39 is 11.7 Å². The zero-order valence-corrected chi connectivity index (χ0v) is 11.8. The Balaban J connectivity index is 2.30. The van der Waals surface area contributed by atoms with Crippen LogP contribution in [0.2, 0.25) is 0 Å². The number of guanidine groups is 1. The van der Waals surface area contributed by atoms with E-state index in [1.807, 2.05) is 13.8 Å². The third-order valence-electron chi connectivity index (χ3n) is 2.46. The minimum Gasteiger partial charge on any atom is -0.370 e. The number of nitrogens with two attached hydrogens (primary N) is 1. The summed E-state index contributed by atoms with van der Waals surface area (Å²) in [5.41, 5.74) is 5.68. The molecule has 0 saturated heterocycles. The largest absolute Gasteiger partial charge is 0.370 e. The second-order valence-corrected chi connectivity index (χ2v) is 4.78. The highest BCUT2D eigenvalue weighted by molar-refractivity contribution is 5.94. The predicted octanol–water partition coefficient (Wildman–Crippen LogP) is 1.12. The Kier molecular flexibility index (Phi) is 6.49. The molecule has 0 bridgehead atoms. The first-order chi connectivity index (χ1) is 9.50. The molecule has 5 nitrogen and oxygen atoms in total. The van der Waals surface area contributed by atoms with Crippen LogP contribution in [0.15, 0.2) is 29.3 Å². The molecule has 6 heteroatoms. The van der Waals surface area contributed by atoms with Gasteiger partial charge in [-0.1, -0.05) is 26.0 Å². The van der Waals surface area contributed by atoms with Crippen LogP contribution < -0.4 is 16.4 Å². The quantitative estimate of drug-likeness (QED) is 0.415. The Morgan fingerprint density at radius 1 is 1.30 bits per heavy atom. The third-order valence-corrected chi connectivity index (χ3v) is 2.46. The summed E-state index contributed by atoms with van der Waals surface area (Å²) in [5.74, 6) is -0.187. The molecule has 0 aliphatic heterocycles. The Bertz CT molecular complexity index is 474. The molecular weight excluding hydrogens is 259 g/mol. The van der Waals surface area contributed by atoms with Crippen molar-refractivity contribution in [2.75, 3.05) is 19.6 Å². The molecule has 1 rings (SSSR count). The second kappa shape index (κ2) is 8.14. The second-order valence-electron chi connectivity index (χ2n) is 4.78. The normalized spacial score (nSPS) is 11.5. The molecule has 1 aromatic carbocycles. The van der Waals surface area contributed by atoms with Crippen molar-refractivity contribution in [3.05, 3.63) is 35.6 Å². The Morgan fingerprint density at radius 3 is 2.60 bits per heavy atom. The molecule has 0 atom stereocenters. The van der Waals surface area contributed by atoms with Crippen LogP contribution in [0.1, 0.15) is 24.2 Å². The number of halogens is 1. The molecule has 0 aromatic heterocycles. The molecule has 0 heterocycles. The molecule has 4 N–H and O–H groups in total. The molecule has 0 fully saturated rings. The van der Waals surface area contributed by atoms with Gasteiger partial charge in [-0.2, -0.15) is 0 Å². The van der Waals surface area contributed by atoms with Crippen LogP contribution in [0, 0.1) is 11.7 Å². The molecular formula is C14H21FN4O. The summed E-state index contributed by atoms with van der Waals surface area (Å²) in [4.78, 5) is 15.8. The fraction of sp³-hybridized carbons (Fsp3) is 0.429. The Hall–Kier alpha value is -2.11. The van der Waals surface area contributed by atoms with E-state index in [0.717, 1.165) is 0 Å². The molecule has 0 aliphatic rings. The van der Waals surface area contributed by atoms with Gasteiger partial charge in [0.05, 0.1) is 5.56 Å². The van der Waals surface area contributed by atoms with Crippen molar-refractivity contribution in [3.8, 4) is 0 Å². The molecule has 1 amide bonds. The highest BCUT2D eigenvalue weighted by atomic mass is 19.1. The van der Waals surface area contributed by atoms with E-state index in [1.54, 1.807) is 12.1 Å². The number of carbonyl (C=O) groups is 1. The lowest BCUT2D eigenvalue weighted by Gasteiger charge is -2.08. The van der Waals surface area contributed by atoms with E-state index in [9.17, 15) is 9.18 Å². The number of aliphatic imine (C=N–C) groups is 1. The maximum Gasteiger partial charge on any atom is 0.254 e. The minimum absolute atomic E-state index is 0.0361. The van der Waals surface area contributed by atoms with E-state index in [0.29, 0.717) is 31.5 Å². The molecule has 0 saturated carbocycles. The Morgan fingerprint density at radius 2 is 1.95 bits per heavy atom. The molecule has 0 unspecified atom stereocenters. The van der Waals surface area contributed by atoms with Gasteiger partial charge in [-0.05, 0) is 18.1 Å². The van der Waals surface area contributed by atoms with Crippen LogP contribution >= 0.6 is 0 Å². The third kappa shape index (κ3) is 5.69. The fourth-order valence-electron chi connectivity index (χ4n) is 1.44. The van der Waals surface area contributed by atoms with Gasteiger partial charge in [0.25, 0.3) is 5.91 Å². The number of hydrogen-bond donors (Lipinski definition) is 3. The first-order valence-electron chi connectivity index (χ1n) is 6.57. The monoisotopic (exact) mass is 280 g/mol. The molecule has 0 aliphatic carbocycles. The van der Waals surface area contributed by atoms with Crippen molar-refractivity contribution in [3.63, 3.8) is 0 Å². The summed E-state index contributed by atoms with van der Waals surface area (Å²) >= 11 is 0. The minimum atomic E-state index is -0.532. The number of nitrogens with one attached hydrogen (secondary N) is 2. The number of rotatable bonds is 6. The van der Waals surface area contributed by atoms with Crippen LogP contribution in [0.25, 0.3) is 0 Å². The van der Waals surface area contributed by atoms with Crippen LogP contribution in [-0.4, -0.2) is 31.5 Å². The summed E-state index contributed by atoms with van der Waals surface area (Å²) in [7, 11) is 0. The maximum atomic E-state index is 13.3. The summed E-state index contributed by atoms with van der Waals surface area (Å²) in [6.45, 7) is 5.52.